The lowest BCUT2D eigenvalue weighted by Gasteiger charge is -2.26. The molecule has 2 aromatic rings. The Balaban J connectivity index is 1.58. The third-order valence-electron chi connectivity index (χ3n) is 5.07. The number of sulfonamides is 2. The summed E-state index contributed by atoms with van der Waals surface area (Å²) in [7, 11) is -7.60. The summed E-state index contributed by atoms with van der Waals surface area (Å²) in [4.78, 5) is 0.0827. The molecule has 162 valence electrons. The molecule has 8 nitrogen and oxygen atoms in total. The van der Waals surface area contributed by atoms with Crippen LogP contribution in [-0.2, 0) is 20.0 Å². The maximum Gasteiger partial charge on any atom is 0.262 e. The second kappa shape index (κ2) is 8.44. The Labute approximate surface area is 176 Å². The molecule has 1 saturated heterocycles. The van der Waals surface area contributed by atoms with Gasteiger partial charge in [-0.15, -0.1) is 0 Å². The predicted octanol–water partition coefficient (Wildman–Crippen LogP) is 2.82. The highest BCUT2D eigenvalue weighted by molar-refractivity contribution is 7.92. The van der Waals surface area contributed by atoms with Crippen LogP contribution in [0.3, 0.4) is 0 Å². The van der Waals surface area contributed by atoms with Crippen molar-refractivity contribution in [3.8, 4) is 11.5 Å². The van der Waals surface area contributed by atoms with Crippen molar-refractivity contribution in [2.24, 2.45) is 0 Å². The highest BCUT2D eigenvalue weighted by Crippen LogP contribution is 2.32. The minimum atomic E-state index is -3.94. The first-order chi connectivity index (χ1) is 14.4. The van der Waals surface area contributed by atoms with E-state index in [9.17, 15) is 16.8 Å². The van der Waals surface area contributed by atoms with Crippen LogP contribution >= 0.6 is 0 Å². The Kier molecular flexibility index (Phi) is 5.90. The van der Waals surface area contributed by atoms with Crippen LogP contribution < -0.4 is 14.2 Å². The zero-order valence-corrected chi connectivity index (χ0v) is 18.0. The summed E-state index contributed by atoms with van der Waals surface area (Å²) in [6.45, 7) is 1.92. The summed E-state index contributed by atoms with van der Waals surface area (Å²) in [6, 6.07) is 10.3. The van der Waals surface area contributed by atoms with E-state index in [2.05, 4.69) is 4.72 Å². The molecule has 0 bridgehead atoms. The molecule has 1 fully saturated rings. The van der Waals surface area contributed by atoms with Gasteiger partial charge >= 0.3 is 0 Å². The van der Waals surface area contributed by atoms with Crippen LogP contribution in [0.25, 0.3) is 0 Å². The lowest BCUT2D eigenvalue weighted by Crippen LogP contribution is -2.35. The molecule has 0 aromatic heterocycles. The maximum atomic E-state index is 12.9. The van der Waals surface area contributed by atoms with Gasteiger partial charge in [-0.1, -0.05) is 12.5 Å². The average Bonchev–Trinajstić information content (AvgIpc) is 2.99. The molecule has 0 saturated carbocycles. The summed E-state index contributed by atoms with van der Waals surface area (Å²) in [5.74, 6) is 0.873. The number of rotatable bonds is 5. The molecule has 0 amide bonds. The SMILES string of the molecule is O=S(=O)(Nc1cccc(S(=O)(=O)N2CCCCC2)c1)c1ccc2c(c1)OCCCO2. The Morgan fingerprint density at radius 3 is 2.27 bits per heavy atom. The molecule has 30 heavy (non-hydrogen) atoms. The van der Waals surface area contributed by atoms with Gasteiger partial charge in [-0.05, 0) is 43.2 Å². The van der Waals surface area contributed by atoms with Gasteiger partial charge in [0.15, 0.2) is 11.5 Å². The van der Waals surface area contributed by atoms with Gasteiger partial charge in [-0.2, -0.15) is 4.31 Å². The molecule has 1 N–H and O–H groups in total. The molecular weight excluding hydrogens is 428 g/mol. The molecule has 0 spiro atoms. The van der Waals surface area contributed by atoms with E-state index in [0.29, 0.717) is 44.2 Å². The second-order valence-electron chi connectivity index (χ2n) is 7.26. The van der Waals surface area contributed by atoms with E-state index in [1.807, 2.05) is 0 Å². The molecule has 0 unspecified atom stereocenters. The summed E-state index contributed by atoms with van der Waals surface area (Å²) < 4.78 is 66.5. The average molecular weight is 453 g/mol. The van der Waals surface area contributed by atoms with Crippen molar-refractivity contribution in [1.82, 2.24) is 4.31 Å². The molecule has 2 aliphatic rings. The van der Waals surface area contributed by atoms with E-state index in [1.54, 1.807) is 6.07 Å². The van der Waals surface area contributed by atoms with Gasteiger partial charge in [-0.25, -0.2) is 16.8 Å². The van der Waals surface area contributed by atoms with Gasteiger partial charge in [0, 0.05) is 25.6 Å². The molecule has 0 radical (unpaired) electrons. The van der Waals surface area contributed by atoms with Gasteiger partial charge in [0.2, 0.25) is 10.0 Å². The monoisotopic (exact) mass is 452 g/mol. The van der Waals surface area contributed by atoms with E-state index in [1.165, 1.54) is 40.7 Å². The predicted molar refractivity (Wildman–Crippen MR) is 112 cm³/mol. The summed E-state index contributed by atoms with van der Waals surface area (Å²) >= 11 is 0. The number of anilines is 1. The Hall–Kier alpha value is -2.30. The number of ether oxygens (including phenoxy) is 2. The normalized spacial score (nSPS) is 17.9. The number of nitrogens with zero attached hydrogens (tertiary/aromatic N) is 1. The number of benzene rings is 2. The number of piperidine rings is 1. The van der Waals surface area contributed by atoms with Gasteiger partial charge in [0.25, 0.3) is 10.0 Å². The smallest absolute Gasteiger partial charge is 0.262 e. The van der Waals surface area contributed by atoms with E-state index >= 15 is 0 Å². The van der Waals surface area contributed by atoms with E-state index in [-0.39, 0.29) is 15.5 Å². The van der Waals surface area contributed by atoms with Crippen molar-refractivity contribution in [3.63, 3.8) is 0 Å². The van der Waals surface area contributed by atoms with Gasteiger partial charge in [0.1, 0.15) is 0 Å². The van der Waals surface area contributed by atoms with Gasteiger partial charge in [0.05, 0.1) is 28.7 Å². The molecular formula is C20H24N2O6S2. The summed E-state index contributed by atoms with van der Waals surface area (Å²) in [5.41, 5.74) is 0.181. The van der Waals surface area contributed by atoms with Gasteiger partial charge in [-0.3, -0.25) is 4.72 Å². The van der Waals surface area contributed by atoms with Crippen molar-refractivity contribution in [1.29, 1.82) is 0 Å². The fraction of sp³-hybridized carbons (Fsp3) is 0.400. The number of hydrogen-bond donors (Lipinski definition) is 1. The van der Waals surface area contributed by atoms with Crippen LogP contribution in [0.2, 0.25) is 0 Å². The number of nitrogens with one attached hydrogen (secondary N) is 1. The third-order valence-corrected chi connectivity index (χ3v) is 8.34. The maximum absolute atomic E-state index is 12.9. The topological polar surface area (TPSA) is 102 Å². The van der Waals surface area contributed by atoms with Crippen molar-refractivity contribution in [2.75, 3.05) is 31.0 Å². The quantitative estimate of drug-likeness (QED) is 0.749. The molecule has 0 atom stereocenters. The molecule has 0 aliphatic carbocycles. The van der Waals surface area contributed by atoms with Crippen molar-refractivity contribution in [3.05, 3.63) is 42.5 Å². The number of hydrogen-bond acceptors (Lipinski definition) is 6. The zero-order chi connectivity index (χ0) is 21.2. The lowest BCUT2D eigenvalue weighted by molar-refractivity contribution is 0.297. The van der Waals surface area contributed by atoms with Crippen LogP contribution in [0.15, 0.2) is 52.3 Å². The minimum Gasteiger partial charge on any atom is -0.490 e. The Bertz CT molecular complexity index is 1130. The molecule has 4 rings (SSSR count). The molecule has 2 heterocycles. The van der Waals surface area contributed by atoms with Crippen LogP contribution in [0.5, 0.6) is 11.5 Å². The van der Waals surface area contributed by atoms with Crippen LogP contribution in [0, 0.1) is 0 Å². The Morgan fingerprint density at radius 1 is 0.767 bits per heavy atom. The molecule has 2 aliphatic heterocycles. The fourth-order valence-electron chi connectivity index (χ4n) is 3.50. The van der Waals surface area contributed by atoms with Crippen LogP contribution in [0.4, 0.5) is 5.69 Å². The van der Waals surface area contributed by atoms with Crippen molar-refractivity contribution in [2.45, 2.75) is 35.5 Å². The summed E-state index contributed by atoms with van der Waals surface area (Å²) in [6.07, 6.45) is 3.39. The molecule has 10 heteroatoms. The van der Waals surface area contributed by atoms with E-state index in [4.69, 9.17) is 9.47 Å². The van der Waals surface area contributed by atoms with E-state index < -0.39 is 20.0 Å². The number of fused-ring (bicyclic) bond motifs is 1. The summed E-state index contributed by atoms with van der Waals surface area (Å²) in [5, 5.41) is 0. The van der Waals surface area contributed by atoms with Crippen LogP contribution in [-0.4, -0.2) is 47.4 Å². The first-order valence-electron chi connectivity index (χ1n) is 9.89. The first kappa shape index (κ1) is 21.0. The van der Waals surface area contributed by atoms with Crippen molar-refractivity contribution >= 4 is 25.7 Å². The Morgan fingerprint density at radius 2 is 1.50 bits per heavy atom. The zero-order valence-electron chi connectivity index (χ0n) is 16.4. The standard InChI is InChI=1S/C20H24N2O6S2/c23-29(24,17-8-9-19-20(15-17)28-13-5-12-27-19)21-16-6-4-7-18(14-16)30(25,26)22-10-2-1-3-11-22/h4,6-9,14-15,21H,1-3,5,10-13H2. The fourth-order valence-corrected chi connectivity index (χ4v) is 6.13. The largest absolute Gasteiger partial charge is 0.490 e. The minimum absolute atomic E-state index is 0.0102. The highest BCUT2D eigenvalue weighted by atomic mass is 32.2. The van der Waals surface area contributed by atoms with Crippen molar-refractivity contribution < 1.29 is 26.3 Å². The second-order valence-corrected chi connectivity index (χ2v) is 10.9. The van der Waals surface area contributed by atoms with E-state index in [0.717, 1.165) is 19.3 Å². The highest BCUT2D eigenvalue weighted by Gasteiger charge is 2.26. The third kappa shape index (κ3) is 4.40. The van der Waals surface area contributed by atoms with Gasteiger partial charge < -0.3 is 9.47 Å². The lowest BCUT2D eigenvalue weighted by atomic mass is 10.2. The van der Waals surface area contributed by atoms with Crippen LogP contribution in [0.1, 0.15) is 25.7 Å². The molecule has 2 aromatic carbocycles. The first-order valence-corrected chi connectivity index (χ1v) is 12.8.